The number of aromatic nitrogens is 3. The minimum Gasteiger partial charge on any atom is -0.497 e. The maximum absolute atomic E-state index is 12.4. The van der Waals surface area contributed by atoms with Crippen LogP contribution in [-0.4, -0.2) is 28.1 Å². The molecule has 0 atom stereocenters. The van der Waals surface area contributed by atoms with Gasteiger partial charge >= 0.3 is 0 Å². The van der Waals surface area contributed by atoms with Crippen LogP contribution in [0.3, 0.4) is 0 Å². The molecule has 4 aromatic rings. The Kier molecular flexibility index (Phi) is 6.37. The van der Waals surface area contributed by atoms with Crippen LogP contribution >= 0.6 is 11.3 Å². The van der Waals surface area contributed by atoms with E-state index in [2.05, 4.69) is 27.4 Å². The number of anilines is 1. The van der Waals surface area contributed by atoms with E-state index in [1.807, 2.05) is 54.6 Å². The average Bonchev–Trinajstić information content (AvgIpc) is 3.45. The predicted molar refractivity (Wildman–Crippen MR) is 120 cm³/mol. The number of aryl methyl sites for hydroxylation is 2. The zero-order valence-corrected chi connectivity index (χ0v) is 18.1. The number of ether oxygens (including phenoxy) is 1. The lowest BCUT2D eigenvalue weighted by Crippen LogP contribution is -2.12. The Morgan fingerprint density at radius 3 is 2.55 bits per heavy atom. The van der Waals surface area contributed by atoms with E-state index in [-0.39, 0.29) is 12.3 Å². The van der Waals surface area contributed by atoms with Crippen molar-refractivity contribution in [3.63, 3.8) is 0 Å². The highest BCUT2D eigenvalue weighted by molar-refractivity contribution is 7.16. The number of methoxy groups -OCH3 is 1. The van der Waals surface area contributed by atoms with E-state index >= 15 is 0 Å². The van der Waals surface area contributed by atoms with Gasteiger partial charge in [0.15, 0.2) is 5.13 Å². The molecule has 0 unspecified atom stereocenters. The van der Waals surface area contributed by atoms with Gasteiger partial charge in [0.25, 0.3) is 0 Å². The van der Waals surface area contributed by atoms with Crippen molar-refractivity contribution >= 4 is 22.4 Å². The Bertz CT molecular complexity index is 1150. The molecule has 0 radical (unpaired) electrons. The van der Waals surface area contributed by atoms with Gasteiger partial charge in [0.2, 0.25) is 17.6 Å². The topological polar surface area (TPSA) is 90.1 Å². The molecular weight excluding hydrogens is 412 g/mol. The number of carbonyl (C=O) groups is 1. The van der Waals surface area contributed by atoms with Gasteiger partial charge in [-0.2, -0.15) is 4.98 Å². The molecule has 0 saturated carbocycles. The van der Waals surface area contributed by atoms with E-state index in [4.69, 9.17) is 9.26 Å². The first-order valence-corrected chi connectivity index (χ1v) is 10.8. The van der Waals surface area contributed by atoms with Gasteiger partial charge in [-0.15, -0.1) is 11.3 Å². The Balaban J connectivity index is 1.37. The molecule has 7 nitrogen and oxygen atoms in total. The molecule has 2 aromatic heterocycles. The van der Waals surface area contributed by atoms with Crippen LogP contribution in [0.2, 0.25) is 0 Å². The van der Waals surface area contributed by atoms with Crippen LogP contribution in [0, 0.1) is 0 Å². The summed E-state index contributed by atoms with van der Waals surface area (Å²) in [7, 11) is 1.61. The van der Waals surface area contributed by atoms with Gasteiger partial charge in [0.1, 0.15) is 5.75 Å². The molecule has 4 rings (SSSR count). The Labute approximate surface area is 184 Å². The first-order chi connectivity index (χ1) is 15.2. The van der Waals surface area contributed by atoms with Crippen LogP contribution in [-0.2, 0) is 17.6 Å². The normalized spacial score (nSPS) is 10.8. The van der Waals surface area contributed by atoms with Gasteiger partial charge in [-0.1, -0.05) is 42.4 Å². The second kappa shape index (κ2) is 9.53. The molecule has 2 heterocycles. The molecule has 1 amide bonds. The van der Waals surface area contributed by atoms with E-state index in [0.717, 1.165) is 33.9 Å². The molecule has 2 aromatic carbocycles. The standard InChI is InChI=1S/C23H22N4O3S/c1-3-18-21(15-7-5-4-6-8-15)26-23(31-18)24-19(28)13-14-20-25-22(27-30-20)16-9-11-17(29-2)12-10-16/h4-12H,3,13-14H2,1-2H3,(H,24,26,28). The van der Waals surface area contributed by atoms with Gasteiger partial charge in [0.05, 0.1) is 12.8 Å². The monoisotopic (exact) mass is 434 g/mol. The van der Waals surface area contributed by atoms with Crippen LogP contribution in [0.1, 0.15) is 24.1 Å². The number of carbonyl (C=O) groups excluding carboxylic acids is 1. The van der Waals surface area contributed by atoms with Crippen molar-refractivity contribution in [2.45, 2.75) is 26.2 Å². The molecule has 0 aliphatic carbocycles. The van der Waals surface area contributed by atoms with Crippen LogP contribution in [0.4, 0.5) is 5.13 Å². The second-order valence-corrected chi connectivity index (χ2v) is 7.88. The average molecular weight is 435 g/mol. The van der Waals surface area contributed by atoms with Crippen LogP contribution in [0.15, 0.2) is 59.1 Å². The molecule has 8 heteroatoms. The molecule has 0 fully saturated rings. The van der Waals surface area contributed by atoms with Gasteiger partial charge < -0.3 is 14.6 Å². The third-order valence-corrected chi connectivity index (χ3v) is 5.81. The summed E-state index contributed by atoms with van der Waals surface area (Å²) in [4.78, 5) is 22.6. The Hall–Kier alpha value is -3.52. The first-order valence-electron chi connectivity index (χ1n) is 9.98. The largest absolute Gasteiger partial charge is 0.497 e. The molecule has 0 bridgehead atoms. The Morgan fingerprint density at radius 2 is 1.84 bits per heavy atom. The summed E-state index contributed by atoms with van der Waals surface area (Å²) in [5.74, 6) is 1.52. The van der Waals surface area contributed by atoms with E-state index < -0.39 is 0 Å². The third kappa shape index (κ3) is 4.97. The van der Waals surface area contributed by atoms with Gasteiger partial charge in [-0.25, -0.2) is 4.98 Å². The predicted octanol–water partition coefficient (Wildman–Crippen LogP) is 5.00. The van der Waals surface area contributed by atoms with Gasteiger partial charge in [-0.05, 0) is 30.7 Å². The molecule has 31 heavy (non-hydrogen) atoms. The molecule has 0 saturated heterocycles. The molecule has 0 aliphatic heterocycles. The van der Waals surface area contributed by atoms with Gasteiger partial charge in [0, 0.05) is 28.8 Å². The lowest BCUT2D eigenvalue weighted by atomic mass is 10.1. The molecule has 0 spiro atoms. The summed E-state index contributed by atoms with van der Waals surface area (Å²) in [5.41, 5.74) is 2.79. The van der Waals surface area contributed by atoms with E-state index in [1.54, 1.807) is 7.11 Å². The van der Waals surface area contributed by atoms with Crippen molar-refractivity contribution in [3.05, 3.63) is 65.4 Å². The first kappa shape index (κ1) is 20.7. The highest BCUT2D eigenvalue weighted by Gasteiger charge is 2.15. The fraction of sp³-hybridized carbons (Fsp3) is 0.217. The van der Waals surface area contributed by atoms with Crippen molar-refractivity contribution in [1.29, 1.82) is 0 Å². The number of thiazole rings is 1. The maximum Gasteiger partial charge on any atom is 0.227 e. The minimum atomic E-state index is -0.139. The zero-order valence-electron chi connectivity index (χ0n) is 17.3. The van der Waals surface area contributed by atoms with Gasteiger partial charge in [-0.3, -0.25) is 4.79 Å². The van der Waals surface area contributed by atoms with E-state index in [9.17, 15) is 4.79 Å². The highest BCUT2D eigenvalue weighted by atomic mass is 32.1. The fourth-order valence-corrected chi connectivity index (χ4v) is 4.02. The molecule has 1 N–H and O–H groups in total. The highest BCUT2D eigenvalue weighted by Crippen LogP contribution is 2.31. The molecule has 158 valence electrons. The number of rotatable bonds is 8. The summed E-state index contributed by atoms with van der Waals surface area (Å²) >= 11 is 1.50. The second-order valence-electron chi connectivity index (χ2n) is 6.80. The Morgan fingerprint density at radius 1 is 1.06 bits per heavy atom. The summed E-state index contributed by atoms with van der Waals surface area (Å²) in [6, 6.07) is 17.4. The summed E-state index contributed by atoms with van der Waals surface area (Å²) in [6.07, 6.45) is 1.44. The van der Waals surface area contributed by atoms with Crippen molar-refractivity contribution in [3.8, 4) is 28.4 Å². The lowest BCUT2D eigenvalue weighted by molar-refractivity contribution is -0.116. The van der Waals surface area contributed by atoms with Crippen LogP contribution < -0.4 is 10.1 Å². The van der Waals surface area contributed by atoms with Crippen LogP contribution in [0.25, 0.3) is 22.6 Å². The van der Waals surface area contributed by atoms with E-state index in [1.165, 1.54) is 11.3 Å². The SMILES string of the molecule is CCc1sc(NC(=O)CCc2nc(-c3ccc(OC)cc3)no2)nc1-c1ccccc1. The quantitative estimate of drug-likeness (QED) is 0.420. The number of hydrogen-bond acceptors (Lipinski definition) is 7. The van der Waals surface area contributed by atoms with Crippen molar-refractivity contribution < 1.29 is 14.1 Å². The summed E-state index contributed by atoms with van der Waals surface area (Å²) in [6.45, 7) is 2.08. The third-order valence-electron chi connectivity index (χ3n) is 4.69. The molecular formula is C23H22N4O3S. The number of nitrogens with zero attached hydrogens (tertiary/aromatic N) is 3. The number of hydrogen-bond donors (Lipinski definition) is 1. The van der Waals surface area contributed by atoms with Crippen LogP contribution in [0.5, 0.6) is 5.75 Å². The number of amides is 1. The summed E-state index contributed by atoms with van der Waals surface area (Å²) < 4.78 is 10.4. The zero-order chi connectivity index (χ0) is 21.6. The minimum absolute atomic E-state index is 0.139. The smallest absolute Gasteiger partial charge is 0.227 e. The fourth-order valence-electron chi connectivity index (χ4n) is 3.08. The van der Waals surface area contributed by atoms with Crippen molar-refractivity contribution in [1.82, 2.24) is 15.1 Å². The maximum atomic E-state index is 12.4. The summed E-state index contributed by atoms with van der Waals surface area (Å²) in [5, 5.41) is 7.49. The number of nitrogens with one attached hydrogen (secondary N) is 1. The van der Waals surface area contributed by atoms with Crippen molar-refractivity contribution in [2.24, 2.45) is 0 Å². The lowest BCUT2D eigenvalue weighted by Gasteiger charge is -2.00. The molecule has 0 aliphatic rings. The van der Waals surface area contributed by atoms with Crippen molar-refractivity contribution in [2.75, 3.05) is 12.4 Å². The van der Waals surface area contributed by atoms with E-state index in [0.29, 0.717) is 23.3 Å². The number of benzene rings is 2.